The lowest BCUT2D eigenvalue weighted by molar-refractivity contribution is 0.143. The van der Waals surface area contributed by atoms with Crippen LogP contribution in [0.3, 0.4) is 0 Å². The number of aryl methyl sites for hydroxylation is 3. The largest absolute Gasteiger partial charge is 0.443 e. The van der Waals surface area contributed by atoms with Crippen LogP contribution >= 0.6 is 0 Å². The Hall–Kier alpha value is -2.45. The Bertz CT molecular complexity index is 991. The molecule has 0 aliphatic carbocycles. The quantitative estimate of drug-likeness (QED) is 0.849. The number of rotatable bonds is 5. The number of carbonyl (C=O) groups excluding carboxylic acids is 1. The van der Waals surface area contributed by atoms with E-state index in [1.54, 1.807) is 0 Å². The van der Waals surface area contributed by atoms with E-state index in [1.807, 2.05) is 32.0 Å². The van der Waals surface area contributed by atoms with E-state index in [-0.39, 0.29) is 23.5 Å². The Morgan fingerprint density at radius 3 is 2.52 bits per heavy atom. The summed E-state index contributed by atoms with van der Waals surface area (Å²) >= 11 is 0. The van der Waals surface area contributed by atoms with Gasteiger partial charge in [-0.3, -0.25) is 4.90 Å². The lowest BCUT2D eigenvalue weighted by Gasteiger charge is -2.15. The summed E-state index contributed by atoms with van der Waals surface area (Å²) < 4.78 is 45.8. The van der Waals surface area contributed by atoms with E-state index in [9.17, 15) is 17.6 Å². The van der Waals surface area contributed by atoms with Gasteiger partial charge in [-0.2, -0.15) is 0 Å². The van der Waals surface area contributed by atoms with E-state index < -0.39 is 28.0 Å². The van der Waals surface area contributed by atoms with Gasteiger partial charge in [-0.15, -0.1) is 0 Å². The first-order chi connectivity index (χ1) is 12.7. The minimum absolute atomic E-state index is 0.0308. The van der Waals surface area contributed by atoms with Crippen molar-refractivity contribution in [2.45, 2.75) is 31.8 Å². The smallest absolute Gasteiger partial charge is 0.414 e. The lowest BCUT2D eigenvalue weighted by atomic mass is 10.1. The van der Waals surface area contributed by atoms with Gasteiger partial charge < -0.3 is 4.74 Å². The average Bonchev–Trinajstić information content (AvgIpc) is 2.99. The highest BCUT2D eigenvalue weighted by Crippen LogP contribution is 2.24. The molecule has 1 N–H and O–H groups in total. The van der Waals surface area contributed by atoms with Gasteiger partial charge in [0.2, 0.25) is 10.0 Å². The first-order valence-corrected chi connectivity index (χ1v) is 9.97. The van der Waals surface area contributed by atoms with Crippen molar-refractivity contribution in [1.29, 1.82) is 0 Å². The second-order valence-corrected chi connectivity index (χ2v) is 8.41. The molecule has 2 aromatic rings. The van der Waals surface area contributed by atoms with Gasteiger partial charge in [0.25, 0.3) is 0 Å². The van der Waals surface area contributed by atoms with Gasteiger partial charge in [-0.1, -0.05) is 6.07 Å². The van der Waals surface area contributed by atoms with E-state index in [1.165, 1.54) is 24.0 Å². The summed E-state index contributed by atoms with van der Waals surface area (Å²) in [5, 5.41) is 0. The van der Waals surface area contributed by atoms with Gasteiger partial charge in [0.05, 0.1) is 11.4 Å². The predicted molar refractivity (Wildman–Crippen MR) is 99.9 cm³/mol. The molecule has 1 unspecified atom stereocenters. The van der Waals surface area contributed by atoms with Gasteiger partial charge in [-0.25, -0.2) is 22.3 Å². The summed E-state index contributed by atoms with van der Waals surface area (Å²) in [6.07, 6.45) is -1.13. The van der Waals surface area contributed by atoms with Crippen LogP contribution in [0.2, 0.25) is 0 Å². The molecule has 1 aliphatic heterocycles. The molecule has 2 aromatic carbocycles. The van der Waals surface area contributed by atoms with E-state index in [4.69, 9.17) is 4.74 Å². The summed E-state index contributed by atoms with van der Waals surface area (Å²) in [5.41, 5.74) is 3.12. The summed E-state index contributed by atoms with van der Waals surface area (Å²) in [6.45, 7) is 5.61. The van der Waals surface area contributed by atoms with Crippen LogP contribution < -0.4 is 9.62 Å². The number of nitrogens with one attached hydrogen (secondary N) is 1. The molecule has 1 aliphatic rings. The van der Waals surface area contributed by atoms with Crippen molar-refractivity contribution in [2.24, 2.45) is 0 Å². The van der Waals surface area contributed by atoms with Crippen LogP contribution in [0.4, 0.5) is 14.9 Å². The number of anilines is 1. The monoisotopic (exact) mass is 392 g/mol. The number of hydrogen-bond donors (Lipinski definition) is 1. The molecule has 1 atom stereocenters. The van der Waals surface area contributed by atoms with E-state index in [0.717, 1.165) is 17.2 Å². The van der Waals surface area contributed by atoms with Crippen molar-refractivity contribution in [3.05, 3.63) is 58.9 Å². The van der Waals surface area contributed by atoms with Crippen LogP contribution in [0.25, 0.3) is 0 Å². The van der Waals surface area contributed by atoms with Gasteiger partial charge in [-0.05, 0) is 67.8 Å². The molecular weight excluding hydrogens is 371 g/mol. The molecule has 1 heterocycles. The van der Waals surface area contributed by atoms with Crippen molar-refractivity contribution < 1.29 is 22.3 Å². The summed E-state index contributed by atoms with van der Waals surface area (Å²) in [6, 6.07) is 9.22. The fraction of sp³-hybridized carbons (Fsp3) is 0.316. The van der Waals surface area contributed by atoms with Crippen LogP contribution in [-0.2, 0) is 14.8 Å². The highest BCUT2D eigenvalue weighted by atomic mass is 32.2. The number of sulfonamides is 1. The van der Waals surface area contributed by atoms with Gasteiger partial charge in [0.1, 0.15) is 11.9 Å². The third-order valence-electron chi connectivity index (χ3n) is 4.62. The molecule has 0 bridgehead atoms. The summed E-state index contributed by atoms with van der Waals surface area (Å²) in [4.78, 5) is 13.6. The summed E-state index contributed by atoms with van der Waals surface area (Å²) in [7, 11) is -3.83. The molecule has 27 heavy (non-hydrogen) atoms. The molecule has 0 radical (unpaired) electrons. The predicted octanol–water partition coefficient (Wildman–Crippen LogP) is 3.05. The third-order valence-corrected chi connectivity index (χ3v) is 6.04. The maximum absolute atomic E-state index is 13.3. The van der Waals surface area contributed by atoms with Crippen molar-refractivity contribution in [3.8, 4) is 0 Å². The molecule has 3 rings (SSSR count). The Labute approximate surface area is 158 Å². The van der Waals surface area contributed by atoms with Crippen molar-refractivity contribution >= 4 is 21.8 Å². The first-order valence-electron chi connectivity index (χ1n) is 8.48. The molecular formula is C19H21FN2O4S. The molecule has 6 nitrogen and oxygen atoms in total. The zero-order valence-electron chi connectivity index (χ0n) is 15.3. The van der Waals surface area contributed by atoms with Crippen molar-refractivity contribution in [3.63, 3.8) is 0 Å². The van der Waals surface area contributed by atoms with Gasteiger partial charge in [0, 0.05) is 12.2 Å². The SMILES string of the molecule is Cc1ccc(N2CC(CNS(=O)(=O)c3ccc(F)c(C)c3)OC2=O)cc1C. The van der Waals surface area contributed by atoms with Crippen molar-refractivity contribution in [2.75, 3.05) is 18.0 Å². The summed E-state index contributed by atoms with van der Waals surface area (Å²) in [5.74, 6) is -0.470. The molecule has 0 saturated carbocycles. The third kappa shape index (κ3) is 4.12. The van der Waals surface area contributed by atoms with Crippen LogP contribution in [0.15, 0.2) is 41.3 Å². The van der Waals surface area contributed by atoms with E-state index >= 15 is 0 Å². The van der Waals surface area contributed by atoms with Gasteiger partial charge in [0.15, 0.2) is 0 Å². The fourth-order valence-corrected chi connectivity index (χ4v) is 3.95. The van der Waals surface area contributed by atoms with Crippen molar-refractivity contribution in [1.82, 2.24) is 4.72 Å². The molecule has 0 aromatic heterocycles. The number of amides is 1. The molecule has 144 valence electrons. The first kappa shape index (κ1) is 19.3. The number of cyclic esters (lactones) is 1. The topological polar surface area (TPSA) is 75.7 Å². The number of benzene rings is 2. The molecule has 1 fully saturated rings. The highest BCUT2D eigenvalue weighted by molar-refractivity contribution is 7.89. The Kier molecular flexibility index (Phi) is 5.21. The fourth-order valence-electron chi connectivity index (χ4n) is 2.80. The zero-order chi connectivity index (χ0) is 19.8. The normalized spacial score (nSPS) is 17.3. The van der Waals surface area contributed by atoms with Crippen LogP contribution in [-0.4, -0.2) is 33.7 Å². The standard InChI is InChI=1S/C19H21FN2O4S/c1-12-4-5-15(8-13(12)2)22-11-16(26-19(22)23)10-21-27(24,25)17-6-7-18(20)14(3)9-17/h4-9,16,21H,10-11H2,1-3H3. The molecule has 1 saturated heterocycles. The second-order valence-electron chi connectivity index (χ2n) is 6.65. The van der Waals surface area contributed by atoms with E-state index in [0.29, 0.717) is 5.69 Å². The van der Waals surface area contributed by atoms with Crippen LogP contribution in [0.5, 0.6) is 0 Å². The second kappa shape index (κ2) is 7.28. The maximum Gasteiger partial charge on any atom is 0.414 e. The minimum Gasteiger partial charge on any atom is -0.443 e. The lowest BCUT2D eigenvalue weighted by Crippen LogP contribution is -2.34. The van der Waals surface area contributed by atoms with Crippen LogP contribution in [0, 0.1) is 26.6 Å². The highest BCUT2D eigenvalue weighted by Gasteiger charge is 2.33. The van der Waals surface area contributed by atoms with Gasteiger partial charge >= 0.3 is 6.09 Å². The number of nitrogens with zero attached hydrogens (tertiary/aromatic N) is 1. The molecule has 0 spiro atoms. The minimum atomic E-state index is -3.83. The molecule has 1 amide bonds. The van der Waals surface area contributed by atoms with Crippen LogP contribution in [0.1, 0.15) is 16.7 Å². The van der Waals surface area contributed by atoms with E-state index in [2.05, 4.69) is 4.72 Å². The number of ether oxygens (including phenoxy) is 1. The number of carbonyl (C=O) groups is 1. The molecule has 8 heteroatoms. The zero-order valence-corrected chi connectivity index (χ0v) is 16.1. The number of hydrogen-bond acceptors (Lipinski definition) is 4. The Balaban J connectivity index is 1.67. The Morgan fingerprint density at radius 2 is 1.85 bits per heavy atom. The average molecular weight is 392 g/mol. The maximum atomic E-state index is 13.3. The number of halogens is 1. The Morgan fingerprint density at radius 1 is 1.11 bits per heavy atom.